The number of nitro benzene ring substituents is 2. The summed E-state index contributed by atoms with van der Waals surface area (Å²) in [5, 5.41) is 24.3. The molecule has 0 unspecified atom stereocenters. The maximum absolute atomic E-state index is 12.0. The number of nitro groups is 2. The van der Waals surface area contributed by atoms with Crippen molar-refractivity contribution in [2.45, 2.75) is 13.8 Å². The molecule has 0 radical (unpaired) electrons. The van der Waals surface area contributed by atoms with Crippen molar-refractivity contribution in [3.05, 3.63) is 73.3 Å². The Bertz CT molecular complexity index is 908. The summed E-state index contributed by atoms with van der Waals surface area (Å²) in [6, 6.07) is 7.79. The van der Waals surface area contributed by atoms with E-state index in [1.165, 1.54) is 0 Å². The van der Waals surface area contributed by atoms with E-state index in [0.29, 0.717) is 5.69 Å². The van der Waals surface area contributed by atoms with Gasteiger partial charge in [-0.3, -0.25) is 25.0 Å². The van der Waals surface area contributed by atoms with E-state index in [9.17, 15) is 29.8 Å². The van der Waals surface area contributed by atoms with Gasteiger partial charge in [-0.2, -0.15) is 0 Å². The Kier molecular flexibility index (Phi) is 5.81. The molecule has 0 atom stereocenters. The molecule has 2 rings (SSSR count). The predicted molar refractivity (Wildman–Crippen MR) is 94.6 cm³/mol. The van der Waals surface area contributed by atoms with E-state index in [1.54, 1.807) is 19.1 Å². The van der Waals surface area contributed by atoms with Gasteiger partial charge in [0.2, 0.25) is 0 Å². The Morgan fingerprint density at radius 1 is 1.00 bits per heavy atom. The van der Waals surface area contributed by atoms with Crippen molar-refractivity contribution >= 4 is 28.9 Å². The Morgan fingerprint density at radius 3 is 2.11 bits per heavy atom. The number of hydrogen-bond acceptors (Lipinski definition) is 7. The predicted octanol–water partition coefficient (Wildman–Crippen LogP) is 2.92. The molecule has 0 bridgehead atoms. The number of non-ortho nitro benzene ring substituents is 2. The Balaban J connectivity index is 2.07. The van der Waals surface area contributed by atoms with Crippen molar-refractivity contribution in [1.82, 2.24) is 0 Å². The van der Waals surface area contributed by atoms with E-state index in [2.05, 4.69) is 5.32 Å². The summed E-state index contributed by atoms with van der Waals surface area (Å²) in [5.41, 5.74) is 0.739. The van der Waals surface area contributed by atoms with Crippen molar-refractivity contribution < 1.29 is 24.2 Å². The topological polar surface area (TPSA) is 142 Å². The highest BCUT2D eigenvalue weighted by Gasteiger charge is 2.21. The minimum Gasteiger partial charge on any atom is -0.452 e. The molecule has 0 aliphatic heterocycles. The molecule has 0 saturated heterocycles. The number of benzene rings is 2. The first-order valence-corrected chi connectivity index (χ1v) is 7.65. The lowest BCUT2D eigenvalue weighted by Gasteiger charge is -2.09. The molecule has 0 spiro atoms. The van der Waals surface area contributed by atoms with Gasteiger partial charge >= 0.3 is 5.97 Å². The monoisotopic (exact) mass is 373 g/mol. The van der Waals surface area contributed by atoms with Crippen molar-refractivity contribution in [3.63, 3.8) is 0 Å². The molecule has 1 N–H and O–H groups in total. The van der Waals surface area contributed by atoms with E-state index in [-0.39, 0.29) is 0 Å². The van der Waals surface area contributed by atoms with Crippen LogP contribution < -0.4 is 5.32 Å². The first-order valence-electron chi connectivity index (χ1n) is 7.65. The summed E-state index contributed by atoms with van der Waals surface area (Å²) in [7, 11) is 0. The largest absolute Gasteiger partial charge is 0.452 e. The quantitative estimate of drug-likeness (QED) is 0.466. The summed E-state index contributed by atoms with van der Waals surface area (Å²) in [5.74, 6) is -1.70. The lowest BCUT2D eigenvalue weighted by molar-refractivity contribution is -0.394. The molecule has 0 fully saturated rings. The molecule has 0 aromatic heterocycles. The summed E-state index contributed by atoms with van der Waals surface area (Å²) >= 11 is 0. The Labute approximate surface area is 153 Å². The second kappa shape index (κ2) is 8.04. The van der Waals surface area contributed by atoms with Crippen LogP contribution in [0.4, 0.5) is 17.1 Å². The van der Waals surface area contributed by atoms with Crippen molar-refractivity contribution in [1.29, 1.82) is 0 Å². The summed E-state index contributed by atoms with van der Waals surface area (Å²) in [4.78, 5) is 43.9. The van der Waals surface area contributed by atoms with Gasteiger partial charge in [0.25, 0.3) is 17.3 Å². The van der Waals surface area contributed by atoms with Gasteiger partial charge in [0.15, 0.2) is 6.61 Å². The van der Waals surface area contributed by atoms with Crippen molar-refractivity contribution in [2.75, 3.05) is 11.9 Å². The maximum Gasteiger partial charge on any atom is 0.339 e. The normalized spacial score (nSPS) is 10.1. The van der Waals surface area contributed by atoms with E-state index < -0.39 is 45.3 Å². The van der Waals surface area contributed by atoms with Crippen LogP contribution in [-0.2, 0) is 9.53 Å². The van der Waals surface area contributed by atoms with Crippen molar-refractivity contribution in [3.8, 4) is 0 Å². The number of nitrogens with zero attached hydrogens (tertiary/aromatic N) is 2. The van der Waals surface area contributed by atoms with E-state index in [1.807, 2.05) is 13.0 Å². The SMILES string of the molecule is Cc1ccc(NC(=O)COC(=O)c2cc([N+](=O)[O-])cc([N+](=O)[O-])c2)c(C)c1. The molecular formula is C17H15N3O7. The second-order valence-corrected chi connectivity index (χ2v) is 5.69. The zero-order chi connectivity index (χ0) is 20.1. The van der Waals surface area contributed by atoms with Gasteiger partial charge in [0, 0.05) is 17.8 Å². The highest BCUT2D eigenvalue weighted by atomic mass is 16.6. The van der Waals surface area contributed by atoms with Gasteiger partial charge in [0.1, 0.15) is 0 Å². The number of esters is 1. The van der Waals surface area contributed by atoms with Gasteiger partial charge in [-0.1, -0.05) is 17.7 Å². The summed E-state index contributed by atoms with van der Waals surface area (Å²) in [6.45, 7) is 3.05. The van der Waals surface area contributed by atoms with Gasteiger partial charge in [0.05, 0.1) is 21.5 Å². The minimum atomic E-state index is -1.09. The first kappa shape index (κ1) is 19.5. The number of carbonyl (C=O) groups excluding carboxylic acids is 2. The Hall–Kier alpha value is -3.82. The van der Waals surface area contributed by atoms with Gasteiger partial charge in [-0.05, 0) is 25.5 Å². The molecular weight excluding hydrogens is 358 g/mol. The van der Waals surface area contributed by atoms with Crippen LogP contribution in [0.5, 0.6) is 0 Å². The average Bonchev–Trinajstić information content (AvgIpc) is 2.61. The molecule has 0 saturated carbocycles. The zero-order valence-electron chi connectivity index (χ0n) is 14.4. The van der Waals surface area contributed by atoms with Crippen LogP contribution in [0, 0.1) is 34.1 Å². The molecule has 2 aromatic carbocycles. The summed E-state index contributed by atoms with van der Waals surface area (Å²) < 4.78 is 4.80. The summed E-state index contributed by atoms with van der Waals surface area (Å²) in [6.07, 6.45) is 0. The lowest BCUT2D eigenvalue weighted by atomic mass is 10.1. The van der Waals surface area contributed by atoms with Crippen LogP contribution in [0.2, 0.25) is 0 Å². The van der Waals surface area contributed by atoms with E-state index in [4.69, 9.17) is 4.74 Å². The first-order chi connectivity index (χ1) is 12.7. The Morgan fingerprint density at radius 2 is 1.59 bits per heavy atom. The highest BCUT2D eigenvalue weighted by Crippen LogP contribution is 2.23. The zero-order valence-corrected chi connectivity index (χ0v) is 14.4. The highest BCUT2D eigenvalue weighted by molar-refractivity contribution is 5.96. The third-order valence-electron chi connectivity index (χ3n) is 3.55. The van der Waals surface area contributed by atoms with Gasteiger partial charge in [-0.25, -0.2) is 4.79 Å². The number of hydrogen-bond donors (Lipinski definition) is 1. The fraction of sp³-hybridized carbons (Fsp3) is 0.176. The molecule has 0 aliphatic rings. The van der Waals surface area contributed by atoms with Crippen LogP contribution in [0.3, 0.4) is 0 Å². The number of rotatable bonds is 6. The molecule has 140 valence electrons. The van der Waals surface area contributed by atoms with Gasteiger partial charge in [-0.15, -0.1) is 0 Å². The number of anilines is 1. The van der Waals surface area contributed by atoms with Gasteiger partial charge < -0.3 is 10.1 Å². The smallest absolute Gasteiger partial charge is 0.339 e. The van der Waals surface area contributed by atoms with Crippen LogP contribution in [0.15, 0.2) is 36.4 Å². The van der Waals surface area contributed by atoms with E-state index >= 15 is 0 Å². The number of carbonyl (C=O) groups is 2. The maximum atomic E-state index is 12.0. The number of amides is 1. The average molecular weight is 373 g/mol. The van der Waals surface area contributed by atoms with Crippen LogP contribution in [0.25, 0.3) is 0 Å². The van der Waals surface area contributed by atoms with Crippen LogP contribution in [-0.4, -0.2) is 28.3 Å². The fourth-order valence-electron chi connectivity index (χ4n) is 2.28. The molecule has 27 heavy (non-hydrogen) atoms. The molecule has 0 heterocycles. The molecule has 2 aromatic rings. The molecule has 10 nitrogen and oxygen atoms in total. The number of aryl methyl sites for hydroxylation is 2. The van der Waals surface area contributed by atoms with Crippen LogP contribution in [0.1, 0.15) is 21.5 Å². The second-order valence-electron chi connectivity index (χ2n) is 5.69. The molecule has 10 heteroatoms. The van der Waals surface area contributed by atoms with E-state index in [0.717, 1.165) is 29.3 Å². The number of ether oxygens (including phenoxy) is 1. The van der Waals surface area contributed by atoms with Crippen LogP contribution >= 0.6 is 0 Å². The lowest BCUT2D eigenvalue weighted by Crippen LogP contribution is -2.21. The third-order valence-corrected chi connectivity index (χ3v) is 3.55. The molecule has 0 aliphatic carbocycles. The van der Waals surface area contributed by atoms with Crippen molar-refractivity contribution in [2.24, 2.45) is 0 Å². The third kappa shape index (κ3) is 5.08. The fourth-order valence-corrected chi connectivity index (χ4v) is 2.28. The standard InChI is InChI=1S/C17H15N3O7/c1-10-3-4-15(11(2)5-10)18-16(21)9-27-17(22)12-6-13(19(23)24)8-14(7-12)20(25)26/h3-8H,9H2,1-2H3,(H,18,21). The number of nitrogens with one attached hydrogen (secondary N) is 1. The molecule has 1 amide bonds. The minimum absolute atomic E-state index is 0.393.